The van der Waals surface area contributed by atoms with Crippen LogP contribution in [0.25, 0.3) is 0 Å². The monoisotopic (exact) mass is 311 g/mol. The minimum atomic E-state index is -5.26. The predicted molar refractivity (Wildman–Crippen MR) is 69.0 cm³/mol. The van der Waals surface area contributed by atoms with E-state index in [2.05, 4.69) is 5.32 Å². The van der Waals surface area contributed by atoms with Gasteiger partial charge in [-0.05, 0) is 36.4 Å². The van der Waals surface area contributed by atoms with Crippen molar-refractivity contribution in [2.24, 2.45) is 0 Å². The van der Waals surface area contributed by atoms with Crippen molar-refractivity contribution < 1.29 is 21.6 Å². The summed E-state index contributed by atoms with van der Waals surface area (Å²) in [5.41, 5.74) is -4.63. The van der Waals surface area contributed by atoms with Crippen LogP contribution < -0.4 is 5.32 Å². The van der Waals surface area contributed by atoms with Crippen LogP contribution >= 0.6 is 11.8 Å². The number of alkyl halides is 3. The topological polar surface area (TPSA) is 46.2 Å². The lowest BCUT2D eigenvalue weighted by Crippen LogP contribution is -2.23. The molecule has 3 nitrogen and oxygen atoms in total. The number of anilines is 1. The van der Waals surface area contributed by atoms with Gasteiger partial charge in [0, 0.05) is 17.5 Å². The molecule has 0 aromatic heterocycles. The molecule has 1 atom stereocenters. The van der Waals surface area contributed by atoms with Gasteiger partial charge in [-0.25, -0.2) is 8.42 Å². The maximum Gasteiger partial charge on any atom is 0.501 e. The van der Waals surface area contributed by atoms with Crippen LogP contribution in [0.4, 0.5) is 18.9 Å². The smallest absolute Gasteiger partial charge is 0.381 e. The Kier molecular flexibility index (Phi) is 4.00. The Morgan fingerprint density at radius 1 is 1.21 bits per heavy atom. The summed E-state index contributed by atoms with van der Waals surface area (Å²) in [6, 6.07) is 4.97. The molecule has 0 saturated carbocycles. The van der Waals surface area contributed by atoms with Crippen LogP contribution in [0, 0.1) is 0 Å². The van der Waals surface area contributed by atoms with Crippen LogP contribution in [0.5, 0.6) is 0 Å². The number of sulfone groups is 1. The van der Waals surface area contributed by atoms with Gasteiger partial charge in [0.2, 0.25) is 0 Å². The van der Waals surface area contributed by atoms with Crippen molar-refractivity contribution >= 4 is 27.3 Å². The maximum atomic E-state index is 12.3. The van der Waals surface area contributed by atoms with Gasteiger partial charge in [0.25, 0.3) is 9.84 Å². The van der Waals surface area contributed by atoms with Gasteiger partial charge in [0.05, 0.1) is 4.90 Å². The molecule has 19 heavy (non-hydrogen) atoms. The van der Waals surface area contributed by atoms with E-state index in [-0.39, 0.29) is 6.04 Å². The highest BCUT2D eigenvalue weighted by atomic mass is 32.2. The molecule has 0 aliphatic carbocycles. The molecule has 1 unspecified atom stereocenters. The minimum Gasteiger partial charge on any atom is -0.381 e. The summed E-state index contributed by atoms with van der Waals surface area (Å²) in [6.45, 7) is 0. The van der Waals surface area contributed by atoms with E-state index in [1.807, 2.05) is 0 Å². The average molecular weight is 311 g/mol. The van der Waals surface area contributed by atoms with E-state index in [1.165, 1.54) is 12.1 Å². The van der Waals surface area contributed by atoms with Gasteiger partial charge < -0.3 is 5.32 Å². The summed E-state index contributed by atoms with van der Waals surface area (Å²) >= 11 is 1.81. The molecule has 1 heterocycles. The number of nitrogens with one attached hydrogen (secondary N) is 1. The van der Waals surface area contributed by atoms with Crippen LogP contribution in [-0.2, 0) is 9.84 Å². The van der Waals surface area contributed by atoms with Crippen molar-refractivity contribution in [1.82, 2.24) is 0 Å². The molecule has 1 aliphatic heterocycles. The lowest BCUT2D eigenvalue weighted by atomic mass is 10.2. The van der Waals surface area contributed by atoms with E-state index < -0.39 is 20.2 Å². The van der Waals surface area contributed by atoms with Gasteiger partial charge in [0.15, 0.2) is 0 Å². The molecular formula is C11H12F3NO2S2. The molecule has 1 fully saturated rings. The van der Waals surface area contributed by atoms with Gasteiger partial charge in [0.1, 0.15) is 0 Å². The van der Waals surface area contributed by atoms with Gasteiger partial charge in [-0.15, -0.1) is 0 Å². The molecule has 106 valence electrons. The van der Waals surface area contributed by atoms with Crippen molar-refractivity contribution in [3.63, 3.8) is 0 Å². The first-order valence-electron chi connectivity index (χ1n) is 5.56. The highest BCUT2D eigenvalue weighted by Crippen LogP contribution is 2.31. The zero-order valence-corrected chi connectivity index (χ0v) is 11.4. The standard InChI is InChI=1S/C11H12F3NO2S2/c12-11(13,14)19(16,17)10-3-1-8(2-4-10)15-9-5-6-18-7-9/h1-4,9,15H,5-7H2. The number of halogens is 3. The molecule has 1 aliphatic rings. The van der Waals surface area contributed by atoms with Crippen LogP contribution in [-0.4, -0.2) is 31.5 Å². The Balaban J connectivity index is 2.14. The normalized spacial score (nSPS) is 20.5. The fourth-order valence-corrected chi connectivity index (χ4v) is 3.66. The summed E-state index contributed by atoms with van der Waals surface area (Å²) in [7, 11) is -5.25. The quantitative estimate of drug-likeness (QED) is 0.932. The zero-order valence-electron chi connectivity index (χ0n) is 9.77. The summed E-state index contributed by atoms with van der Waals surface area (Å²) in [6.07, 6.45) is 0.993. The first-order valence-corrected chi connectivity index (χ1v) is 8.20. The molecule has 0 spiro atoms. The molecule has 1 aromatic rings. The van der Waals surface area contributed by atoms with Gasteiger partial charge in [-0.2, -0.15) is 24.9 Å². The summed E-state index contributed by atoms with van der Waals surface area (Å²) in [5.74, 6) is 2.00. The number of hydrogen-bond acceptors (Lipinski definition) is 4. The number of hydrogen-bond donors (Lipinski definition) is 1. The van der Waals surface area contributed by atoms with Crippen molar-refractivity contribution in [3.05, 3.63) is 24.3 Å². The van der Waals surface area contributed by atoms with E-state index >= 15 is 0 Å². The molecule has 0 bridgehead atoms. The van der Waals surface area contributed by atoms with Crippen LogP contribution in [0.15, 0.2) is 29.2 Å². The van der Waals surface area contributed by atoms with E-state index in [9.17, 15) is 21.6 Å². The van der Waals surface area contributed by atoms with E-state index in [4.69, 9.17) is 0 Å². The molecule has 0 amide bonds. The summed E-state index contributed by atoms with van der Waals surface area (Å²) in [4.78, 5) is -0.730. The molecule has 1 N–H and O–H groups in total. The molecule has 2 rings (SSSR count). The number of thioether (sulfide) groups is 1. The minimum absolute atomic E-state index is 0.287. The molecule has 1 saturated heterocycles. The summed E-state index contributed by atoms with van der Waals surface area (Å²) < 4.78 is 59.3. The first-order chi connectivity index (χ1) is 8.80. The lowest BCUT2D eigenvalue weighted by Gasteiger charge is -2.13. The van der Waals surface area contributed by atoms with Crippen LogP contribution in [0.1, 0.15) is 6.42 Å². The number of rotatable bonds is 3. The van der Waals surface area contributed by atoms with Crippen molar-refractivity contribution in [2.75, 3.05) is 16.8 Å². The molecular weight excluding hydrogens is 299 g/mol. The first kappa shape index (κ1) is 14.5. The fraction of sp³-hybridized carbons (Fsp3) is 0.455. The highest BCUT2D eigenvalue weighted by molar-refractivity contribution is 7.99. The molecule has 0 radical (unpaired) electrons. The third kappa shape index (κ3) is 3.17. The third-order valence-electron chi connectivity index (χ3n) is 2.77. The van der Waals surface area contributed by atoms with E-state index in [1.54, 1.807) is 11.8 Å². The number of benzene rings is 1. The van der Waals surface area contributed by atoms with Crippen molar-refractivity contribution in [3.8, 4) is 0 Å². The SMILES string of the molecule is O=S(=O)(c1ccc(NC2CCSC2)cc1)C(F)(F)F. The summed E-state index contributed by atoms with van der Waals surface area (Å²) in [5, 5.41) is 3.16. The van der Waals surface area contributed by atoms with Gasteiger partial charge in [-0.3, -0.25) is 0 Å². The Bertz CT molecular complexity index is 534. The van der Waals surface area contributed by atoms with E-state index in [0.29, 0.717) is 5.69 Å². The fourth-order valence-electron chi connectivity index (χ4n) is 1.75. The van der Waals surface area contributed by atoms with Crippen LogP contribution in [0.3, 0.4) is 0 Å². The van der Waals surface area contributed by atoms with Crippen molar-refractivity contribution in [2.45, 2.75) is 22.9 Å². The van der Waals surface area contributed by atoms with Gasteiger partial charge >= 0.3 is 5.51 Å². The van der Waals surface area contributed by atoms with E-state index in [0.717, 1.165) is 30.1 Å². The molecule has 8 heteroatoms. The largest absolute Gasteiger partial charge is 0.501 e. The highest BCUT2D eigenvalue weighted by Gasteiger charge is 2.46. The van der Waals surface area contributed by atoms with Crippen LogP contribution in [0.2, 0.25) is 0 Å². The Hall–Kier alpha value is -0.890. The second kappa shape index (κ2) is 5.24. The van der Waals surface area contributed by atoms with Crippen molar-refractivity contribution in [1.29, 1.82) is 0 Å². The Morgan fingerprint density at radius 2 is 1.84 bits per heavy atom. The molecule has 1 aromatic carbocycles. The second-order valence-corrected chi connectivity index (χ2v) is 7.27. The maximum absolute atomic E-state index is 12.3. The Morgan fingerprint density at radius 3 is 2.32 bits per heavy atom. The second-order valence-electron chi connectivity index (χ2n) is 4.18. The predicted octanol–water partition coefficient (Wildman–Crippen LogP) is 2.90. The Labute approximate surface area is 113 Å². The lowest BCUT2D eigenvalue weighted by molar-refractivity contribution is -0.0436. The third-order valence-corrected chi connectivity index (χ3v) is 5.43. The average Bonchev–Trinajstić information content (AvgIpc) is 2.81. The van der Waals surface area contributed by atoms with Gasteiger partial charge in [-0.1, -0.05) is 0 Å². The zero-order chi connectivity index (χ0) is 14.1.